The predicted octanol–water partition coefficient (Wildman–Crippen LogP) is 5.16. The lowest BCUT2D eigenvalue weighted by Crippen LogP contribution is -2.17. The lowest BCUT2D eigenvalue weighted by atomic mass is 10.0. The summed E-state index contributed by atoms with van der Waals surface area (Å²) < 4.78 is 5.84. The summed E-state index contributed by atoms with van der Waals surface area (Å²) >= 11 is 18.3. The summed E-state index contributed by atoms with van der Waals surface area (Å²) in [5.74, 6) is 0.463. The topological polar surface area (TPSA) is 38.3 Å². The van der Waals surface area contributed by atoms with E-state index < -0.39 is 0 Å². The first-order valence-corrected chi connectivity index (χ1v) is 8.84. The smallest absolute Gasteiger partial charge is 0.263 e. The minimum absolute atomic E-state index is 0.202. The fourth-order valence-electron chi connectivity index (χ4n) is 2.26. The number of methoxy groups -OCH3 is 1. The molecule has 1 saturated heterocycles. The molecule has 0 aromatic heterocycles. The highest BCUT2D eigenvalue weighted by Crippen LogP contribution is 2.34. The fourth-order valence-corrected chi connectivity index (χ4v) is 3.60. The zero-order valence-corrected chi connectivity index (χ0v) is 15.6. The van der Waals surface area contributed by atoms with Crippen LogP contribution in [0.3, 0.4) is 0 Å². The van der Waals surface area contributed by atoms with E-state index in [1.54, 1.807) is 25.3 Å². The van der Waals surface area contributed by atoms with Crippen LogP contribution in [0.5, 0.6) is 5.75 Å². The number of hydrogen-bond donors (Lipinski definition) is 1. The molecule has 1 heterocycles. The van der Waals surface area contributed by atoms with Crippen molar-refractivity contribution in [3.8, 4) is 16.9 Å². The average molecular weight is 396 g/mol. The van der Waals surface area contributed by atoms with Gasteiger partial charge in [0.1, 0.15) is 10.1 Å². The summed E-state index contributed by atoms with van der Waals surface area (Å²) in [6.45, 7) is 0. The summed E-state index contributed by atoms with van der Waals surface area (Å²) in [6, 6.07) is 11.1. The maximum atomic E-state index is 11.9. The highest BCUT2D eigenvalue weighted by atomic mass is 35.5. The van der Waals surface area contributed by atoms with Gasteiger partial charge >= 0.3 is 0 Å². The number of amides is 1. The maximum Gasteiger partial charge on any atom is 0.263 e. The van der Waals surface area contributed by atoms with Gasteiger partial charge in [-0.25, -0.2) is 0 Å². The van der Waals surface area contributed by atoms with Crippen molar-refractivity contribution in [2.24, 2.45) is 0 Å². The first-order valence-electron chi connectivity index (χ1n) is 6.86. The third-order valence-corrected chi connectivity index (χ3v) is 5.31. The van der Waals surface area contributed by atoms with Crippen molar-refractivity contribution >= 4 is 63.5 Å². The monoisotopic (exact) mass is 395 g/mol. The molecule has 1 N–H and O–H groups in total. The Bertz CT molecular complexity index is 881. The lowest BCUT2D eigenvalue weighted by molar-refractivity contribution is -0.115. The van der Waals surface area contributed by atoms with Crippen LogP contribution in [0.15, 0.2) is 41.3 Å². The van der Waals surface area contributed by atoms with Crippen LogP contribution in [0.2, 0.25) is 10.0 Å². The van der Waals surface area contributed by atoms with Crippen LogP contribution >= 0.6 is 47.2 Å². The minimum atomic E-state index is -0.202. The third kappa shape index (κ3) is 3.59. The second-order valence-corrected chi connectivity index (χ2v) is 7.47. The van der Waals surface area contributed by atoms with Crippen molar-refractivity contribution in [3.05, 3.63) is 56.9 Å². The molecule has 1 aliphatic heterocycles. The average Bonchev–Trinajstić information content (AvgIpc) is 2.87. The molecule has 1 aliphatic rings. The zero-order chi connectivity index (χ0) is 17.3. The quantitative estimate of drug-likeness (QED) is 0.575. The van der Waals surface area contributed by atoms with Gasteiger partial charge in [0.05, 0.1) is 22.1 Å². The van der Waals surface area contributed by atoms with E-state index >= 15 is 0 Å². The highest BCUT2D eigenvalue weighted by molar-refractivity contribution is 8.26. The van der Waals surface area contributed by atoms with E-state index in [1.165, 1.54) is 11.8 Å². The van der Waals surface area contributed by atoms with Gasteiger partial charge in [-0.1, -0.05) is 59.3 Å². The summed E-state index contributed by atoms with van der Waals surface area (Å²) in [4.78, 5) is 12.4. The first-order chi connectivity index (χ1) is 11.5. The Kier molecular flexibility index (Phi) is 5.15. The largest absolute Gasteiger partial charge is 0.496 e. The van der Waals surface area contributed by atoms with Crippen LogP contribution in [-0.4, -0.2) is 17.3 Å². The molecule has 0 atom stereocenters. The number of carbonyl (C=O) groups excluding carboxylic acids is 1. The standard InChI is InChI=1S/C17H11Cl2NO2S2/c1-22-14-5-3-9(10-2-4-12(18)13(19)7-10)6-11(14)8-15-16(21)20-17(23)24-15/h2-8H,1H3,(H,20,21,23)/b15-8-. The molecule has 0 unspecified atom stereocenters. The lowest BCUT2D eigenvalue weighted by Gasteiger charge is -2.09. The molecule has 3 rings (SSSR count). The minimum Gasteiger partial charge on any atom is -0.496 e. The molecule has 0 aliphatic carbocycles. The maximum absolute atomic E-state index is 11.9. The van der Waals surface area contributed by atoms with Gasteiger partial charge in [-0.05, 0) is 41.5 Å². The van der Waals surface area contributed by atoms with E-state index in [-0.39, 0.29) is 5.91 Å². The van der Waals surface area contributed by atoms with Gasteiger partial charge in [-0.2, -0.15) is 0 Å². The predicted molar refractivity (Wildman–Crippen MR) is 105 cm³/mol. The number of ether oxygens (including phenoxy) is 1. The Morgan fingerprint density at radius 2 is 1.83 bits per heavy atom. The first kappa shape index (κ1) is 17.3. The van der Waals surface area contributed by atoms with Gasteiger partial charge in [0.15, 0.2) is 0 Å². The van der Waals surface area contributed by atoms with E-state index in [1.807, 2.05) is 24.3 Å². The second-order valence-electron chi connectivity index (χ2n) is 4.94. The number of thioether (sulfide) groups is 1. The van der Waals surface area contributed by atoms with Gasteiger partial charge in [0.2, 0.25) is 0 Å². The van der Waals surface area contributed by atoms with Crippen LogP contribution < -0.4 is 10.1 Å². The Labute approximate surface area is 159 Å². The molecule has 3 nitrogen and oxygen atoms in total. The third-order valence-electron chi connectivity index (χ3n) is 3.41. The number of halogens is 2. The van der Waals surface area contributed by atoms with Gasteiger partial charge < -0.3 is 10.1 Å². The zero-order valence-electron chi connectivity index (χ0n) is 12.4. The Balaban J connectivity index is 2.05. The molecule has 122 valence electrons. The van der Waals surface area contributed by atoms with Crippen molar-refractivity contribution in [3.63, 3.8) is 0 Å². The number of carbonyl (C=O) groups is 1. The molecule has 0 bridgehead atoms. The molecule has 2 aromatic rings. The van der Waals surface area contributed by atoms with Gasteiger partial charge in [-0.3, -0.25) is 4.79 Å². The number of nitrogens with one attached hydrogen (secondary N) is 1. The Morgan fingerprint density at radius 1 is 1.12 bits per heavy atom. The molecule has 0 radical (unpaired) electrons. The molecule has 24 heavy (non-hydrogen) atoms. The van der Waals surface area contributed by atoms with Crippen LogP contribution in [-0.2, 0) is 4.79 Å². The Hall–Kier alpha value is -1.53. The van der Waals surface area contributed by atoms with E-state index in [4.69, 9.17) is 40.2 Å². The number of thiocarbonyl (C=S) groups is 1. The van der Waals surface area contributed by atoms with Crippen molar-refractivity contribution in [2.45, 2.75) is 0 Å². The number of hydrogen-bond acceptors (Lipinski definition) is 4. The molecule has 1 fully saturated rings. The molecular formula is C17H11Cl2NO2S2. The number of rotatable bonds is 3. The van der Waals surface area contributed by atoms with E-state index in [2.05, 4.69) is 5.32 Å². The summed E-state index contributed by atoms with van der Waals surface area (Å²) in [7, 11) is 1.59. The SMILES string of the molecule is COc1ccc(-c2ccc(Cl)c(Cl)c2)cc1/C=C1\SC(=S)NC1=O. The Morgan fingerprint density at radius 3 is 2.46 bits per heavy atom. The molecule has 0 saturated carbocycles. The van der Waals surface area contributed by atoms with Gasteiger partial charge in [-0.15, -0.1) is 0 Å². The number of benzene rings is 2. The van der Waals surface area contributed by atoms with Crippen LogP contribution in [0.25, 0.3) is 17.2 Å². The highest BCUT2D eigenvalue weighted by Gasteiger charge is 2.22. The van der Waals surface area contributed by atoms with Crippen LogP contribution in [0.4, 0.5) is 0 Å². The molecule has 1 amide bonds. The van der Waals surface area contributed by atoms with Gasteiger partial charge in [0, 0.05) is 5.56 Å². The summed E-state index contributed by atoms with van der Waals surface area (Å²) in [5, 5.41) is 3.59. The fraction of sp³-hybridized carbons (Fsp3) is 0.0588. The normalized spacial score (nSPS) is 15.7. The molecule has 7 heteroatoms. The van der Waals surface area contributed by atoms with E-state index in [0.29, 0.717) is 25.0 Å². The molecular weight excluding hydrogens is 385 g/mol. The summed E-state index contributed by atoms with van der Waals surface area (Å²) in [5.41, 5.74) is 2.64. The van der Waals surface area contributed by atoms with Crippen LogP contribution in [0.1, 0.15) is 5.56 Å². The van der Waals surface area contributed by atoms with E-state index in [0.717, 1.165) is 16.7 Å². The van der Waals surface area contributed by atoms with Crippen molar-refractivity contribution in [1.29, 1.82) is 0 Å². The van der Waals surface area contributed by atoms with Crippen LogP contribution in [0, 0.1) is 0 Å². The van der Waals surface area contributed by atoms with Crippen molar-refractivity contribution in [2.75, 3.05) is 7.11 Å². The second kappa shape index (κ2) is 7.15. The van der Waals surface area contributed by atoms with Gasteiger partial charge in [0.25, 0.3) is 5.91 Å². The van der Waals surface area contributed by atoms with Crippen molar-refractivity contribution < 1.29 is 9.53 Å². The molecule has 2 aromatic carbocycles. The molecule has 0 spiro atoms. The van der Waals surface area contributed by atoms with Crippen molar-refractivity contribution in [1.82, 2.24) is 5.32 Å². The van der Waals surface area contributed by atoms with E-state index in [9.17, 15) is 4.79 Å². The summed E-state index contributed by atoms with van der Waals surface area (Å²) in [6.07, 6.45) is 1.76.